The third kappa shape index (κ3) is 2.81. The van der Waals surface area contributed by atoms with Crippen molar-refractivity contribution < 1.29 is 8.42 Å². The van der Waals surface area contributed by atoms with E-state index in [1.54, 1.807) is 18.7 Å². The lowest BCUT2D eigenvalue weighted by molar-refractivity contribution is 0.378. The molecule has 1 aromatic heterocycles. The van der Waals surface area contributed by atoms with E-state index in [1.165, 1.54) is 0 Å². The molecule has 1 aromatic rings. The van der Waals surface area contributed by atoms with Crippen molar-refractivity contribution in [3.05, 3.63) is 16.4 Å². The number of sulfone groups is 1. The normalized spacial score (nSPS) is 17.1. The molecule has 2 heterocycles. The summed E-state index contributed by atoms with van der Waals surface area (Å²) < 4.78 is 25.5. The summed E-state index contributed by atoms with van der Waals surface area (Å²) in [7, 11) is -1.39. The zero-order valence-corrected chi connectivity index (χ0v) is 11.5. The monoisotopic (exact) mass is 277 g/mol. The third-order valence-corrected chi connectivity index (χ3v) is 5.16. The fourth-order valence-electron chi connectivity index (χ4n) is 1.93. The van der Waals surface area contributed by atoms with Crippen LogP contribution in [0, 0.1) is 12.8 Å². The van der Waals surface area contributed by atoms with Crippen LogP contribution >= 0.6 is 11.6 Å². The summed E-state index contributed by atoms with van der Waals surface area (Å²) in [6, 6.07) is 0. The zero-order chi connectivity index (χ0) is 12.6. The van der Waals surface area contributed by atoms with Crippen molar-refractivity contribution in [1.29, 1.82) is 0 Å². The van der Waals surface area contributed by atoms with Gasteiger partial charge in [-0.15, -0.1) is 0 Å². The van der Waals surface area contributed by atoms with E-state index in [2.05, 4.69) is 10.4 Å². The lowest BCUT2D eigenvalue weighted by Gasteiger charge is -2.26. The van der Waals surface area contributed by atoms with Crippen LogP contribution in [0.1, 0.15) is 11.4 Å². The molecular weight excluding hydrogens is 262 g/mol. The average molecular weight is 278 g/mol. The molecule has 5 nitrogen and oxygen atoms in total. The quantitative estimate of drug-likeness (QED) is 0.871. The zero-order valence-electron chi connectivity index (χ0n) is 9.90. The van der Waals surface area contributed by atoms with E-state index in [1.807, 2.05) is 0 Å². The van der Waals surface area contributed by atoms with Crippen LogP contribution in [0.25, 0.3) is 0 Å². The van der Waals surface area contributed by atoms with Gasteiger partial charge in [0.1, 0.15) is 0 Å². The summed E-state index contributed by atoms with van der Waals surface area (Å²) in [5.74, 6) is 0.438. The highest BCUT2D eigenvalue weighted by molar-refractivity contribution is 7.90. The van der Waals surface area contributed by atoms with Crippen molar-refractivity contribution in [3.63, 3.8) is 0 Å². The molecule has 0 atom stereocenters. The van der Waals surface area contributed by atoms with Gasteiger partial charge in [0.2, 0.25) is 0 Å². The van der Waals surface area contributed by atoms with Crippen LogP contribution in [-0.4, -0.2) is 37.0 Å². The van der Waals surface area contributed by atoms with Gasteiger partial charge in [0, 0.05) is 20.1 Å². The van der Waals surface area contributed by atoms with Crippen LogP contribution < -0.4 is 5.32 Å². The summed E-state index contributed by atoms with van der Waals surface area (Å²) >= 11 is 6.04. The predicted octanol–water partition coefficient (Wildman–Crippen LogP) is 0.516. The topological polar surface area (TPSA) is 64.0 Å². The van der Waals surface area contributed by atoms with E-state index in [0.29, 0.717) is 16.4 Å². The smallest absolute Gasteiger partial charge is 0.156 e. The Kier molecular flexibility index (Phi) is 3.47. The number of hydrogen-bond acceptors (Lipinski definition) is 4. The van der Waals surface area contributed by atoms with E-state index >= 15 is 0 Å². The summed E-state index contributed by atoms with van der Waals surface area (Å²) in [5, 5.41) is 7.64. The Labute approximate surface area is 106 Å². The summed E-state index contributed by atoms with van der Waals surface area (Å²) in [5.41, 5.74) is 1.25. The molecule has 2 rings (SSSR count). The van der Waals surface area contributed by atoms with Gasteiger partial charge in [-0.3, -0.25) is 4.68 Å². The third-order valence-electron chi connectivity index (χ3n) is 2.97. The Balaban J connectivity index is 2.13. The highest BCUT2D eigenvalue weighted by Crippen LogP contribution is 2.22. The Morgan fingerprint density at radius 3 is 2.59 bits per heavy atom. The molecule has 1 fully saturated rings. The molecule has 0 saturated carbocycles. The predicted molar refractivity (Wildman–Crippen MR) is 66.8 cm³/mol. The van der Waals surface area contributed by atoms with Crippen LogP contribution in [-0.2, 0) is 22.6 Å². The van der Waals surface area contributed by atoms with Gasteiger partial charge in [-0.1, -0.05) is 11.6 Å². The molecule has 0 amide bonds. The first-order chi connectivity index (χ1) is 7.89. The van der Waals surface area contributed by atoms with Gasteiger partial charge in [-0.05, 0) is 12.8 Å². The summed E-state index contributed by atoms with van der Waals surface area (Å²) in [4.78, 5) is 0. The molecule has 7 heteroatoms. The Bertz CT molecular complexity index is 520. The highest BCUT2D eigenvalue weighted by Gasteiger charge is 2.26. The second-order valence-corrected chi connectivity index (χ2v) is 7.04. The van der Waals surface area contributed by atoms with E-state index < -0.39 is 9.84 Å². The molecule has 0 bridgehead atoms. The first kappa shape index (κ1) is 12.9. The van der Waals surface area contributed by atoms with Crippen LogP contribution in [0.3, 0.4) is 0 Å². The van der Waals surface area contributed by atoms with E-state index in [4.69, 9.17) is 11.6 Å². The Morgan fingerprint density at radius 2 is 2.18 bits per heavy atom. The summed E-state index contributed by atoms with van der Waals surface area (Å²) in [6.07, 6.45) is 0. The van der Waals surface area contributed by atoms with Crippen molar-refractivity contribution in [3.8, 4) is 0 Å². The van der Waals surface area contributed by atoms with Crippen molar-refractivity contribution in [1.82, 2.24) is 15.1 Å². The fourth-order valence-corrected chi connectivity index (χ4v) is 4.06. The van der Waals surface area contributed by atoms with E-state index in [0.717, 1.165) is 13.1 Å². The molecule has 1 aliphatic rings. The minimum Gasteiger partial charge on any atom is -0.316 e. The minimum absolute atomic E-state index is 0.0281. The van der Waals surface area contributed by atoms with Crippen molar-refractivity contribution >= 4 is 21.4 Å². The first-order valence-electron chi connectivity index (χ1n) is 5.48. The number of halogens is 1. The van der Waals surface area contributed by atoms with Crippen LogP contribution in [0.5, 0.6) is 0 Å². The number of nitrogens with one attached hydrogen (secondary N) is 1. The number of hydrogen-bond donors (Lipinski definition) is 1. The lowest BCUT2D eigenvalue weighted by atomic mass is 10.1. The molecule has 96 valence electrons. The maximum absolute atomic E-state index is 12.0. The van der Waals surface area contributed by atoms with Gasteiger partial charge >= 0.3 is 0 Å². The molecule has 17 heavy (non-hydrogen) atoms. The lowest BCUT2D eigenvalue weighted by Crippen LogP contribution is -2.45. The van der Waals surface area contributed by atoms with Crippen molar-refractivity contribution in [2.75, 3.05) is 18.8 Å². The Morgan fingerprint density at radius 1 is 1.53 bits per heavy atom. The number of aryl methyl sites for hydroxylation is 2. The molecule has 0 spiro atoms. The largest absolute Gasteiger partial charge is 0.316 e. The first-order valence-corrected chi connectivity index (χ1v) is 7.68. The van der Waals surface area contributed by atoms with Crippen molar-refractivity contribution in [2.24, 2.45) is 13.0 Å². The van der Waals surface area contributed by atoms with Crippen LogP contribution in [0.15, 0.2) is 0 Å². The van der Waals surface area contributed by atoms with E-state index in [-0.39, 0.29) is 17.4 Å². The molecule has 0 radical (unpaired) electrons. The summed E-state index contributed by atoms with van der Waals surface area (Å²) in [6.45, 7) is 3.35. The fraction of sp³-hybridized carbons (Fsp3) is 0.700. The second kappa shape index (κ2) is 4.59. The molecular formula is C10H16ClN3O2S. The number of rotatable bonds is 4. The van der Waals surface area contributed by atoms with Crippen LogP contribution in [0.4, 0.5) is 0 Å². The molecule has 0 aromatic carbocycles. The van der Waals surface area contributed by atoms with Gasteiger partial charge in [0.05, 0.1) is 27.9 Å². The van der Waals surface area contributed by atoms with Gasteiger partial charge in [-0.25, -0.2) is 8.42 Å². The van der Waals surface area contributed by atoms with Gasteiger partial charge in [0.25, 0.3) is 0 Å². The van der Waals surface area contributed by atoms with Gasteiger partial charge in [-0.2, -0.15) is 5.10 Å². The van der Waals surface area contributed by atoms with E-state index in [9.17, 15) is 8.42 Å². The van der Waals surface area contributed by atoms with Gasteiger partial charge in [0.15, 0.2) is 9.84 Å². The molecule has 1 N–H and O–H groups in total. The molecule has 1 saturated heterocycles. The molecule has 1 aliphatic heterocycles. The average Bonchev–Trinajstić information content (AvgIpc) is 2.39. The number of aromatic nitrogens is 2. The highest BCUT2D eigenvalue weighted by atomic mass is 35.5. The minimum atomic E-state index is -3.11. The van der Waals surface area contributed by atoms with Crippen molar-refractivity contribution in [2.45, 2.75) is 12.7 Å². The maximum atomic E-state index is 12.0. The van der Waals surface area contributed by atoms with Crippen LogP contribution in [0.2, 0.25) is 5.02 Å². The maximum Gasteiger partial charge on any atom is 0.156 e. The molecule has 0 unspecified atom stereocenters. The van der Waals surface area contributed by atoms with Gasteiger partial charge < -0.3 is 5.32 Å². The molecule has 0 aliphatic carbocycles. The standard InChI is InChI=1S/C10H16ClN3O2S/c1-7-10(11)9(14(2)13-7)6-17(15,16)5-8-3-12-4-8/h8,12H,3-6H2,1-2H3. The SMILES string of the molecule is Cc1nn(C)c(CS(=O)(=O)CC2CNC2)c1Cl. The number of nitrogens with zero attached hydrogens (tertiary/aromatic N) is 2. The second-order valence-electron chi connectivity index (χ2n) is 4.55. The Hall–Kier alpha value is -0.590.